The van der Waals surface area contributed by atoms with Gasteiger partial charge in [0.25, 0.3) is 0 Å². The average molecular weight is 309 g/mol. The molecule has 17 heavy (non-hydrogen) atoms. The van der Waals surface area contributed by atoms with Gasteiger partial charge >= 0.3 is 0 Å². The molecule has 0 heterocycles. The summed E-state index contributed by atoms with van der Waals surface area (Å²) in [6.45, 7) is 6.98. The van der Waals surface area contributed by atoms with Crippen molar-refractivity contribution in [3.05, 3.63) is 0 Å². The van der Waals surface area contributed by atoms with Gasteiger partial charge < -0.3 is 18.3 Å². The van der Waals surface area contributed by atoms with Crippen LogP contribution in [-0.4, -0.2) is 90.7 Å². The topological polar surface area (TPSA) is 21.8 Å². The molecule has 0 aliphatic rings. The number of hydrogen-bond acceptors (Lipinski definition) is 4. The molecule has 104 valence electrons. The van der Waals surface area contributed by atoms with Crippen LogP contribution in [0.2, 0.25) is 0 Å². The normalized spacial score (nSPS) is 17.1. The predicted molar refractivity (Wildman–Crippen MR) is 90.8 cm³/mol. The quantitative estimate of drug-likeness (QED) is 0.517. The molecule has 0 radical (unpaired) electrons. The zero-order valence-electron chi connectivity index (χ0n) is 13.0. The lowest BCUT2D eigenvalue weighted by Gasteiger charge is -2.36. The maximum absolute atomic E-state index is 4.00. The van der Waals surface area contributed by atoms with Gasteiger partial charge in [-0.1, -0.05) is 0 Å². The van der Waals surface area contributed by atoms with Crippen molar-refractivity contribution in [1.29, 1.82) is 0 Å². The van der Waals surface area contributed by atoms with Gasteiger partial charge in [0.1, 0.15) is 9.20 Å². The van der Waals surface area contributed by atoms with Crippen molar-refractivity contribution in [2.75, 3.05) is 35.2 Å². The standard InChI is InChI=1S/C9H32N4Si4/c1-9(2,3)13(8)16-17(12(6)7)10-14-15-11(4)5/h10,17H,14-16H2,1-8H3. The summed E-state index contributed by atoms with van der Waals surface area (Å²) in [5.74, 6) is 0. The second kappa shape index (κ2) is 7.99. The second-order valence-electron chi connectivity index (χ2n) is 6.29. The van der Waals surface area contributed by atoms with E-state index >= 15 is 0 Å². The molecule has 0 aliphatic heterocycles. The van der Waals surface area contributed by atoms with Crippen LogP contribution >= 0.6 is 0 Å². The second-order valence-corrected chi connectivity index (χ2v) is 19.8. The predicted octanol–water partition coefficient (Wildman–Crippen LogP) is -2.69. The van der Waals surface area contributed by atoms with E-state index in [1.807, 2.05) is 0 Å². The third-order valence-corrected chi connectivity index (χ3v) is 23.8. The first-order chi connectivity index (χ1) is 7.64. The van der Waals surface area contributed by atoms with E-state index in [4.69, 9.17) is 0 Å². The molecule has 0 fully saturated rings. The Morgan fingerprint density at radius 3 is 1.88 bits per heavy atom. The van der Waals surface area contributed by atoms with Gasteiger partial charge in [0.05, 0.1) is 18.4 Å². The van der Waals surface area contributed by atoms with E-state index in [1.165, 1.54) is 0 Å². The molecule has 0 saturated carbocycles. The van der Waals surface area contributed by atoms with Crippen LogP contribution < -0.4 is 4.65 Å². The van der Waals surface area contributed by atoms with E-state index in [9.17, 15) is 0 Å². The fourth-order valence-corrected chi connectivity index (χ4v) is 23.4. The van der Waals surface area contributed by atoms with Crippen LogP contribution in [0.5, 0.6) is 0 Å². The van der Waals surface area contributed by atoms with E-state index in [2.05, 4.69) is 74.4 Å². The zero-order valence-corrected chi connectivity index (χ0v) is 18.4. The summed E-state index contributed by atoms with van der Waals surface area (Å²) in [7, 11) is 10.5. The average Bonchev–Trinajstić information content (AvgIpc) is 2.13. The number of rotatable bonds is 7. The van der Waals surface area contributed by atoms with Crippen molar-refractivity contribution in [3.8, 4) is 0 Å². The molecule has 1 N–H and O–H groups in total. The summed E-state index contributed by atoms with van der Waals surface area (Å²) in [5.41, 5.74) is 0.343. The molecule has 1 atom stereocenters. The summed E-state index contributed by atoms with van der Waals surface area (Å²) >= 11 is 0. The number of nitrogens with zero attached hydrogens (tertiary/aromatic N) is 3. The van der Waals surface area contributed by atoms with Crippen molar-refractivity contribution in [2.45, 2.75) is 26.3 Å². The third-order valence-electron chi connectivity index (χ3n) is 3.15. The van der Waals surface area contributed by atoms with Crippen LogP contribution in [-0.2, 0) is 0 Å². The Labute approximate surface area is 116 Å². The van der Waals surface area contributed by atoms with E-state index < -0.39 is 8.64 Å². The molecule has 0 amide bonds. The van der Waals surface area contributed by atoms with Crippen molar-refractivity contribution < 1.29 is 0 Å². The first kappa shape index (κ1) is 17.7. The van der Waals surface area contributed by atoms with E-state index in [0.29, 0.717) is 5.54 Å². The Morgan fingerprint density at radius 1 is 1.00 bits per heavy atom. The fraction of sp³-hybridized carbons (Fsp3) is 1.00. The summed E-state index contributed by atoms with van der Waals surface area (Å²) in [4.78, 5) is 0. The van der Waals surface area contributed by atoms with E-state index in [0.717, 1.165) is 0 Å². The minimum atomic E-state index is -0.806. The monoisotopic (exact) mass is 308 g/mol. The largest absolute Gasteiger partial charge is 0.357 e. The lowest BCUT2D eigenvalue weighted by molar-refractivity contribution is 0.302. The van der Waals surface area contributed by atoms with Crippen molar-refractivity contribution >= 4 is 36.2 Å². The van der Waals surface area contributed by atoms with E-state index in [1.54, 1.807) is 0 Å². The van der Waals surface area contributed by atoms with Crippen LogP contribution in [0.15, 0.2) is 0 Å². The molecule has 8 heteroatoms. The van der Waals surface area contributed by atoms with Crippen molar-refractivity contribution in [2.24, 2.45) is 0 Å². The maximum Gasteiger partial charge on any atom is 0.176 e. The minimum Gasteiger partial charge on any atom is -0.357 e. The highest BCUT2D eigenvalue weighted by Gasteiger charge is 2.23. The highest BCUT2D eigenvalue weighted by Crippen LogP contribution is 2.08. The Morgan fingerprint density at radius 2 is 1.53 bits per heavy atom. The van der Waals surface area contributed by atoms with Crippen LogP contribution in [0.3, 0.4) is 0 Å². The molecule has 0 aromatic heterocycles. The Hall–Kier alpha value is 0.708. The molecule has 0 saturated heterocycles. The molecule has 4 nitrogen and oxygen atoms in total. The molecule has 0 aliphatic carbocycles. The summed E-state index contributed by atoms with van der Waals surface area (Å²) < 4.78 is 11.6. The van der Waals surface area contributed by atoms with E-state index in [-0.39, 0.29) is 27.6 Å². The lowest BCUT2D eigenvalue weighted by Crippen LogP contribution is -2.61. The minimum absolute atomic E-state index is 0.0298. The molecular weight excluding hydrogens is 276 g/mol. The first-order valence-electron chi connectivity index (χ1n) is 6.40. The molecule has 0 aromatic carbocycles. The van der Waals surface area contributed by atoms with Gasteiger partial charge in [-0.15, -0.1) is 0 Å². The van der Waals surface area contributed by atoms with Gasteiger partial charge in [-0.2, -0.15) is 0 Å². The van der Waals surface area contributed by atoms with Gasteiger partial charge in [0, 0.05) is 5.54 Å². The summed E-state index contributed by atoms with van der Waals surface area (Å²) in [6.07, 6.45) is 0. The Kier molecular flexibility index (Phi) is 8.33. The van der Waals surface area contributed by atoms with Crippen molar-refractivity contribution in [3.63, 3.8) is 0 Å². The van der Waals surface area contributed by atoms with Gasteiger partial charge in [-0.05, 0) is 56.0 Å². The molecule has 0 spiro atoms. The van der Waals surface area contributed by atoms with Crippen LogP contribution in [0, 0.1) is 0 Å². The van der Waals surface area contributed by atoms with Crippen molar-refractivity contribution in [1.82, 2.24) is 18.3 Å². The lowest BCUT2D eigenvalue weighted by atomic mass is 10.1. The smallest absolute Gasteiger partial charge is 0.176 e. The van der Waals surface area contributed by atoms with Gasteiger partial charge in [-0.3, -0.25) is 0 Å². The Bertz CT molecular complexity index is 208. The fourth-order valence-electron chi connectivity index (χ4n) is 1.40. The Balaban J connectivity index is 4.16. The SMILES string of the molecule is CN(C)[SiH2][SiH2]N[SiH]([SiH2]N(C)C(C)(C)C)N(C)C. The van der Waals surface area contributed by atoms with Gasteiger partial charge in [0.15, 0.2) is 8.64 Å². The van der Waals surface area contributed by atoms with Crippen LogP contribution in [0.4, 0.5) is 0 Å². The zero-order chi connectivity index (χ0) is 13.6. The maximum atomic E-state index is 4.00. The van der Waals surface area contributed by atoms with Crippen LogP contribution in [0.1, 0.15) is 20.8 Å². The van der Waals surface area contributed by atoms with Crippen LogP contribution in [0.25, 0.3) is 0 Å². The molecular formula is C9H32N4Si4. The third kappa shape index (κ3) is 8.43. The number of hydrogen-bond donors (Lipinski definition) is 1. The summed E-state index contributed by atoms with van der Waals surface area (Å²) in [5, 5.41) is 0. The number of nitrogens with one attached hydrogen (secondary N) is 1. The molecule has 0 bridgehead atoms. The molecule has 1 unspecified atom stereocenters. The first-order valence-corrected chi connectivity index (χ1v) is 16.7. The summed E-state index contributed by atoms with van der Waals surface area (Å²) in [6, 6.07) is 0. The van der Waals surface area contributed by atoms with Gasteiger partial charge in [-0.25, -0.2) is 0 Å². The molecule has 0 rings (SSSR count). The molecule has 0 aromatic rings. The van der Waals surface area contributed by atoms with Gasteiger partial charge in [0.2, 0.25) is 0 Å². The highest BCUT2D eigenvalue weighted by molar-refractivity contribution is 7.14. The highest BCUT2D eigenvalue weighted by atomic mass is 29.2.